The number of ether oxygens (including phenoxy) is 3. The number of hydrogen-bond acceptors (Lipinski definition) is 9. The number of hydrogen-bond donors (Lipinski definition) is 1. The predicted octanol–water partition coefficient (Wildman–Crippen LogP) is 2.22. The molecule has 0 aliphatic carbocycles. The molecule has 0 fully saturated rings. The first-order chi connectivity index (χ1) is 13.2. The van der Waals surface area contributed by atoms with Gasteiger partial charge in [0.15, 0.2) is 4.21 Å². The average Bonchev–Trinajstić information content (AvgIpc) is 3.04. The number of thiophene rings is 1. The fourth-order valence-electron chi connectivity index (χ4n) is 2.30. The third-order valence-corrected chi connectivity index (χ3v) is 6.85. The highest BCUT2D eigenvalue weighted by molar-refractivity contribution is 7.94. The second-order valence-corrected chi connectivity index (χ2v) is 8.27. The fraction of sp³-hybridized carbons (Fsp3) is 0.235. The molecule has 0 amide bonds. The number of nitrogens with one attached hydrogen (secondary N) is 1. The summed E-state index contributed by atoms with van der Waals surface area (Å²) in [6, 6.07) is 5.49. The molecule has 0 unspecified atom stereocenters. The molecule has 0 saturated carbocycles. The summed E-state index contributed by atoms with van der Waals surface area (Å²) in [5, 5.41) is 0. The van der Waals surface area contributed by atoms with Crippen molar-refractivity contribution in [3.63, 3.8) is 0 Å². The molecule has 1 heterocycles. The maximum Gasteiger partial charge on any atom is 0.348 e. The van der Waals surface area contributed by atoms with E-state index < -0.39 is 27.9 Å². The van der Waals surface area contributed by atoms with Crippen LogP contribution in [0.5, 0.6) is 0 Å². The zero-order valence-electron chi connectivity index (χ0n) is 15.4. The normalized spacial score (nSPS) is 10.9. The minimum Gasteiger partial charge on any atom is -0.465 e. The number of esters is 3. The van der Waals surface area contributed by atoms with Crippen molar-refractivity contribution in [3.8, 4) is 0 Å². The van der Waals surface area contributed by atoms with E-state index in [1.807, 2.05) is 0 Å². The molecular weight excluding hydrogens is 410 g/mol. The molecule has 0 aliphatic rings. The van der Waals surface area contributed by atoms with Crippen molar-refractivity contribution in [1.29, 1.82) is 0 Å². The SMILES string of the molecule is COC(=O)c1ccc(NS(=O)(=O)c2sc(C(=O)OC)c(C)c2C(=O)OC)cc1. The largest absolute Gasteiger partial charge is 0.465 e. The van der Waals surface area contributed by atoms with Crippen molar-refractivity contribution in [2.24, 2.45) is 0 Å². The minimum atomic E-state index is -4.24. The lowest BCUT2D eigenvalue weighted by Gasteiger charge is -2.09. The summed E-state index contributed by atoms with van der Waals surface area (Å²) in [4.78, 5) is 35.5. The molecule has 2 rings (SSSR count). The molecule has 150 valence electrons. The zero-order chi connectivity index (χ0) is 21.1. The summed E-state index contributed by atoms with van der Waals surface area (Å²) in [5.74, 6) is -2.24. The van der Waals surface area contributed by atoms with E-state index in [0.29, 0.717) is 11.3 Å². The van der Waals surface area contributed by atoms with E-state index in [2.05, 4.69) is 18.9 Å². The molecule has 1 aromatic carbocycles. The number of methoxy groups -OCH3 is 3. The van der Waals surface area contributed by atoms with E-state index in [4.69, 9.17) is 0 Å². The first-order valence-electron chi connectivity index (χ1n) is 7.67. The lowest BCUT2D eigenvalue weighted by Crippen LogP contribution is -2.16. The Morgan fingerprint density at radius 3 is 1.93 bits per heavy atom. The maximum absolute atomic E-state index is 12.8. The fourth-order valence-corrected chi connectivity index (χ4v) is 5.10. The van der Waals surface area contributed by atoms with E-state index in [9.17, 15) is 22.8 Å². The van der Waals surface area contributed by atoms with Gasteiger partial charge >= 0.3 is 17.9 Å². The number of carbonyl (C=O) groups is 3. The van der Waals surface area contributed by atoms with Crippen LogP contribution in [-0.2, 0) is 24.2 Å². The second-order valence-electron chi connectivity index (χ2n) is 5.38. The second kappa shape index (κ2) is 8.40. The Labute approximate surface area is 165 Å². The Bertz CT molecular complexity index is 1020. The number of anilines is 1. The first kappa shape index (κ1) is 21.4. The Morgan fingerprint density at radius 2 is 1.43 bits per heavy atom. The topological polar surface area (TPSA) is 125 Å². The molecular formula is C17H17NO8S2. The molecule has 1 N–H and O–H groups in total. The summed E-state index contributed by atoms with van der Waals surface area (Å²) in [5.41, 5.74) is 0.284. The summed E-state index contributed by atoms with van der Waals surface area (Å²) >= 11 is 0.600. The Morgan fingerprint density at radius 1 is 0.893 bits per heavy atom. The first-order valence-corrected chi connectivity index (χ1v) is 9.97. The Kier molecular flexibility index (Phi) is 6.41. The van der Waals surface area contributed by atoms with Crippen LogP contribution in [0.2, 0.25) is 0 Å². The van der Waals surface area contributed by atoms with E-state index >= 15 is 0 Å². The number of benzene rings is 1. The lowest BCUT2D eigenvalue weighted by atomic mass is 10.2. The third kappa shape index (κ3) is 4.15. The Hall–Kier alpha value is -2.92. The van der Waals surface area contributed by atoms with Crippen LogP contribution in [0.15, 0.2) is 28.5 Å². The third-order valence-electron chi connectivity index (χ3n) is 3.68. The van der Waals surface area contributed by atoms with Crippen molar-refractivity contribution in [2.75, 3.05) is 26.1 Å². The van der Waals surface area contributed by atoms with Gasteiger partial charge in [-0.1, -0.05) is 0 Å². The van der Waals surface area contributed by atoms with E-state index in [-0.39, 0.29) is 31.5 Å². The summed E-state index contributed by atoms with van der Waals surface area (Å²) in [6.45, 7) is 1.43. The molecule has 2 aromatic rings. The monoisotopic (exact) mass is 427 g/mol. The van der Waals surface area contributed by atoms with Crippen LogP contribution in [0.3, 0.4) is 0 Å². The highest BCUT2D eigenvalue weighted by Crippen LogP contribution is 2.34. The van der Waals surface area contributed by atoms with Crippen molar-refractivity contribution in [3.05, 3.63) is 45.8 Å². The van der Waals surface area contributed by atoms with Crippen LogP contribution < -0.4 is 4.72 Å². The molecule has 0 atom stereocenters. The zero-order valence-corrected chi connectivity index (χ0v) is 17.0. The van der Waals surface area contributed by atoms with E-state index in [0.717, 1.165) is 14.2 Å². The molecule has 0 bridgehead atoms. The summed E-state index contributed by atoms with van der Waals surface area (Å²) in [6.07, 6.45) is 0. The van der Waals surface area contributed by atoms with Gasteiger partial charge in [-0.3, -0.25) is 4.72 Å². The van der Waals surface area contributed by atoms with Gasteiger partial charge in [0.05, 0.1) is 32.5 Å². The molecule has 11 heteroatoms. The van der Waals surface area contributed by atoms with Crippen molar-refractivity contribution < 1.29 is 37.0 Å². The van der Waals surface area contributed by atoms with Crippen LogP contribution in [0, 0.1) is 6.92 Å². The van der Waals surface area contributed by atoms with Gasteiger partial charge in [-0.2, -0.15) is 0 Å². The lowest BCUT2D eigenvalue weighted by molar-refractivity contribution is 0.0587. The van der Waals surface area contributed by atoms with Crippen LogP contribution in [0.1, 0.15) is 36.0 Å². The van der Waals surface area contributed by atoms with Crippen molar-refractivity contribution in [1.82, 2.24) is 0 Å². The number of carbonyl (C=O) groups excluding carboxylic acids is 3. The molecule has 0 spiro atoms. The molecule has 0 saturated heterocycles. The van der Waals surface area contributed by atoms with Crippen LogP contribution in [0.25, 0.3) is 0 Å². The van der Waals surface area contributed by atoms with Gasteiger partial charge < -0.3 is 14.2 Å². The molecule has 9 nitrogen and oxygen atoms in total. The highest BCUT2D eigenvalue weighted by Gasteiger charge is 2.32. The molecule has 0 radical (unpaired) electrons. The minimum absolute atomic E-state index is 0.0238. The number of rotatable bonds is 6. The molecule has 1 aromatic heterocycles. The van der Waals surface area contributed by atoms with Crippen LogP contribution in [-0.4, -0.2) is 47.7 Å². The van der Waals surface area contributed by atoms with Crippen LogP contribution >= 0.6 is 11.3 Å². The van der Waals surface area contributed by atoms with E-state index in [1.54, 1.807) is 0 Å². The van der Waals surface area contributed by atoms with Gasteiger partial charge in [-0.25, -0.2) is 22.8 Å². The van der Waals surface area contributed by atoms with Gasteiger partial charge in [-0.05, 0) is 36.8 Å². The standard InChI is InChI=1S/C17H17NO8S2/c1-9-12(15(20)25-3)17(27-13(9)16(21)26-4)28(22,23)18-11-7-5-10(6-8-11)14(19)24-2/h5-8,18H,1-4H3. The van der Waals surface area contributed by atoms with Crippen molar-refractivity contribution in [2.45, 2.75) is 11.1 Å². The van der Waals surface area contributed by atoms with Gasteiger partial charge in [0.25, 0.3) is 10.0 Å². The quantitative estimate of drug-likeness (QED) is 0.549. The average molecular weight is 427 g/mol. The van der Waals surface area contributed by atoms with Gasteiger partial charge in [0.2, 0.25) is 0 Å². The predicted molar refractivity (Wildman–Crippen MR) is 100 cm³/mol. The number of sulfonamides is 1. The molecule has 0 aliphatic heterocycles. The highest BCUT2D eigenvalue weighted by atomic mass is 32.2. The maximum atomic E-state index is 12.8. The van der Waals surface area contributed by atoms with E-state index in [1.165, 1.54) is 38.3 Å². The van der Waals surface area contributed by atoms with Gasteiger partial charge in [0.1, 0.15) is 4.88 Å². The summed E-state index contributed by atoms with van der Waals surface area (Å²) < 4.78 is 41.5. The van der Waals surface area contributed by atoms with Gasteiger partial charge in [-0.15, -0.1) is 11.3 Å². The van der Waals surface area contributed by atoms with Gasteiger partial charge in [0, 0.05) is 5.69 Å². The summed E-state index contributed by atoms with van der Waals surface area (Å²) in [7, 11) is -0.759. The van der Waals surface area contributed by atoms with Crippen LogP contribution in [0.4, 0.5) is 5.69 Å². The van der Waals surface area contributed by atoms with Crippen molar-refractivity contribution >= 4 is 45.0 Å². The molecule has 28 heavy (non-hydrogen) atoms. The Balaban J connectivity index is 2.48. The smallest absolute Gasteiger partial charge is 0.348 e.